The summed E-state index contributed by atoms with van der Waals surface area (Å²) in [6.45, 7) is 5.13. The first-order chi connectivity index (χ1) is 13.4. The number of rotatable bonds is 9. The Hall–Kier alpha value is -3.29. The van der Waals surface area contributed by atoms with Gasteiger partial charge in [-0.1, -0.05) is 5.16 Å². The van der Waals surface area contributed by atoms with E-state index in [0.717, 1.165) is 5.56 Å². The molecule has 8 nitrogen and oxygen atoms in total. The number of methoxy groups -OCH3 is 2. The number of H-pyrrole nitrogens is 1. The number of hydrogen-bond acceptors (Lipinski definition) is 7. The zero-order valence-corrected chi connectivity index (χ0v) is 16.6. The van der Waals surface area contributed by atoms with Crippen molar-refractivity contribution in [2.75, 3.05) is 27.4 Å². The number of ether oxygens (including phenoxy) is 3. The van der Waals surface area contributed by atoms with Gasteiger partial charge in [-0.05, 0) is 44.5 Å². The summed E-state index contributed by atoms with van der Waals surface area (Å²) < 4.78 is 15.4. The first-order valence-electron chi connectivity index (χ1n) is 8.69. The van der Waals surface area contributed by atoms with Crippen LogP contribution in [0.2, 0.25) is 0 Å². The lowest BCUT2D eigenvalue weighted by atomic mass is 10.1. The molecule has 0 aliphatic carbocycles. The Kier molecular flexibility index (Phi) is 7.20. The average molecular weight is 388 g/mol. The Balaban J connectivity index is 2.02. The van der Waals surface area contributed by atoms with Crippen LogP contribution < -0.4 is 9.47 Å². The number of carbonyl (C=O) groups excluding carboxylic acids is 2. The fraction of sp³-hybridized carbons (Fsp3) is 0.350. The number of aryl methyl sites for hydroxylation is 1. The zero-order chi connectivity index (χ0) is 20.7. The maximum Gasteiger partial charge on any atom is 0.340 e. The molecule has 0 saturated heterocycles. The number of nitrogens with zero attached hydrogens (tertiary/aromatic N) is 1. The SMILES string of the molecule is CCOC(=O)c1c(C)[nH]c(C(=O)CO/N=C\c2ccc(OC)c(OC)c2)c1C. The fourth-order valence-corrected chi connectivity index (χ4v) is 2.74. The van der Waals surface area contributed by atoms with E-state index in [1.165, 1.54) is 6.21 Å². The van der Waals surface area contributed by atoms with Crippen molar-refractivity contribution < 1.29 is 28.6 Å². The van der Waals surface area contributed by atoms with Gasteiger partial charge in [-0.15, -0.1) is 0 Å². The van der Waals surface area contributed by atoms with Gasteiger partial charge in [-0.3, -0.25) is 4.79 Å². The average Bonchev–Trinajstić information content (AvgIpc) is 2.99. The number of aromatic nitrogens is 1. The van der Waals surface area contributed by atoms with E-state index in [0.29, 0.717) is 34.0 Å². The van der Waals surface area contributed by atoms with E-state index >= 15 is 0 Å². The molecular weight excluding hydrogens is 364 g/mol. The van der Waals surface area contributed by atoms with E-state index in [1.807, 2.05) is 0 Å². The van der Waals surface area contributed by atoms with Gasteiger partial charge in [-0.2, -0.15) is 0 Å². The molecule has 0 spiro atoms. The summed E-state index contributed by atoms with van der Waals surface area (Å²) in [5.41, 5.74) is 2.52. The molecule has 0 atom stereocenters. The van der Waals surface area contributed by atoms with Gasteiger partial charge >= 0.3 is 5.97 Å². The third kappa shape index (κ3) is 4.70. The monoisotopic (exact) mass is 388 g/mol. The summed E-state index contributed by atoms with van der Waals surface area (Å²) in [4.78, 5) is 32.4. The largest absolute Gasteiger partial charge is 0.493 e. The second-order valence-electron chi connectivity index (χ2n) is 5.89. The molecule has 0 aliphatic heterocycles. The second-order valence-corrected chi connectivity index (χ2v) is 5.89. The van der Waals surface area contributed by atoms with E-state index < -0.39 is 5.97 Å². The van der Waals surface area contributed by atoms with Crippen molar-refractivity contribution >= 4 is 18.0 Å². The summed E-state index contributed by atoms with van der Waals surface area (Å²) in [6, 6.07) is 5.26. The third-order valence-corrected chi connectivity index (χ3v) is 4.08. The predicted octanol–water partition coefficient (Wildman–Crippen LogP) is 3.06. The predicted molar refractivity (Wildman–Crippen MR) is 104 cm³/mol. The second kappa shape index (κ2) is 9.59. The van der Waals surface area contributed by atoms with Gasteiger partial charge in [0.05, 0.1) is 38.3 Å². The van der Waals surface area contributed by atoms with Crippen molar-refractivity contribution in [3.8, 4) is 11.5 Å². The topological polar surface area (TPSA) is 99.2 Å². The van der Waals surface area contributed by atoms with E-state index in [1.54, 1.807) is 53.2 Å². The van der Waals surface area contributed by atoms with Gasteiger partial charge in [-0.25, -0.2) is 4.79 Å². The number of carbonyl (C=O) groups is 2. The number of Topliss-reactive ketones (excluding diaryl/α,β-unsaturated/α-hetero) is 1. The number of esters is 1. The Morgan fingerprint density at radius 3 is 2.50 bits per heavy atom. The van der Waals surface area contributed by atoms with Gasteiger partial charge in [0.15, 0.2) is 18.1 Å². The summed E-state index contributed by atoms with van der Waals surface area (Å²) >= 11 is 0. The Morgan fingerprint density at radius 1 is 1.14 bits per heavy atom. The zero-order valence-electron chi connectivity index (χ0n) is 16.6. The number of aromatic amines is 1. The van der Waals surface area contributed by atoms with Crippen molar-refractivity contribution in [3.63, 3.8) is 0 Å². The smallest absolute Gasteiger partial charge is 0.340 e. The molecule has 8 heteroatoms. The Morgan fingerprint density at radius 2 is 1.86 bits per heavy atom. The van der Waals surface area contributed by atoms with Crippen LogP contribution in [0, 0.1) is 13.8 Å². The first kappa shape index (κ1) is 21.0. The number of ketones is 1. The molecule has 28 heavy (non-hydrogen) atoms. The van der Waals surface area contributed by atoms with Crippen LogP contribution in [0.4, 0.5) is 0 Å². The van der Waals surface area contributed by atoms with Crippen LogP contribution in [0.15, 0.2) is 23.4 Å². The summed E-state index contributed by atoms with van der Waals surface area (Å²) in [6.07, 6.45) is 1.46. The highest BCUT2D eigenvalue weighted by Crippen LogP contribution is 2.26. The Labute approximate surface area is 163 Å². The van der Waals surface area contributed by atoms with E-state index in [9.17, 15) is 9.59 Å². The molecule has 1 N–H and O–H groups in total. The lowest BCUT2D eigenvalue weighted by Gasteiger charge is -2.07. The van der Waals surface area contributed by atoms with Gasteiger partial charge in [0.25, 0.3) is 0 Å². The van der Waals surface area contributed by atoms with Crippen LogP contribution in [-0.2, 0) is 9.57 Å². The molecule has 1 aromatic carbocycles. The molecule has 0 saturated carbocycles. The molecule has 0 bridgehead atoms. The van der Waals surface area contributed by atoms with Crippen LogP contribution in [0.1, 0.15) is 44.6 Å². The van der Waals surface area contributed by atoms with Gasteiger partial charge in [0.2, 0.25) is 5.78 Å². The number of oxime groups is 1. The highest BCUT2D eigenvalue weighted by Gasteiger charge is 2.22. The minimum atomic E-state index is -0.458. The van der Waals surface area contributed by atoms with Crippen LogP contribution in [0.3, 0.4) is 0 Å². The van der Waals surface area contributed by atoms with Gasteiger partial charge in [0, 0.05) is 11.3 Å². The maximum atomic E-state index is 12.4. The van der Waals surface area contributed by atoms with E-state index in [2.05, 4.69) is 10.1 Å². The number of benzene rings is 1. The highest BCUT2D eigenvalue weighted by molar-refractivity contribution is 6.02. The molecule has 0 radical (unpaired) electrons. The molecule has 1 heterocycles. The summed E-state index contributed by atoms with van der Waals surface area (Å²) in [5.74, 6) is 0.387. The van der Waals surface area contributed by atoms with Gasteiger partial charge in [0.1, 0.15) is 0 Å². The first-order valence-corrected chi connectivity index (χ1v) is 8.69. The van der Waals surface area contributed by atoms with E-state index in [4.69, 9.17) is 19.0 Å². The van der Waals surface area contributed by atoms with Gasteiger partial charge < -0.3 is 24.0 Å². The van der Waals surface area contributed by atoms with Crippen molar-refractivity contribution in [1.82, 2.24) is 4.98 Å². The van der Waals surface area contributed by atoms with Crippen molar-refractivity contribution in [3.05, 3.63) is 46.3 Å². The molecule has 0 unspecified atom stereocenters. The molecule has 0 fully saturated rings. The number of nitrogens with one attached hydrogen (secondary N) is 1. The van der Waals surface area contributed by atoms with Crippen LogP contribution >= 0.6 is 0 Å². The normalized spacial score (nSPS) is 10.8. The molecule has 150 valence electrons. The molecular formula is C20H24N2O6. The van der Waals surface area contributed by atoms with Crippen LogP contribution in [0.25, 0.3) is 0 Å². The lowest BCUT2D eigenvalue weighted by molar-refractivity contribution is 0.0525. The fourth-order valence-electron chi connectivity index (χ4n) is 2.74. The lowest BCUT2D eigenvalue weighted by Crippen LogP contribution is -2.10. The minimum absolute atomic E-state index is 0.264. The van der Waals surface area contributed by atoms with Crippen molar-refractivity contribution in [1.29, 1.82) is 0 Å². The summed E-state index contributed by atoms with van der Waals surface area (Å²) in [7, 11) is 3.09. The van der Waals surface area contributed by atoms with Crippen molar-refractivity contribution in [2.45, 2.75) is 20.8 Å². The molecule has 1 aromatic heterocycles. The van der Waals surface area contributed by atoms with Crippen molar-refractivity contribution in [2.24, 2.45) is 5.16 Å². The summed E-state index contributed by atoms with van der Waals surface area (Å²) in [5, 5.41) is 3.81. The molecule has 2 aromatic rings. The molecule has 0 amide bonds. The quantitative estimate of drug-likeness (QED) is 0.307. The molecule has 0 aliphatic rings. The van der Waals surface area contributed by atoms with Crippen LogP contribution in [-0.4, -0.2) is 50.4 Å². The minimum Gasteiger partial charge on any atom is -0.493 e. The highest BCUT2D eigenvalue weighted by atomic mass is 16.6. The standard InChI is InChI=1S/C20H24N2O6/c1-6-27-20(24)18-12(2)19(22-13(18)3)15(23)11-28-21-10-14-7-8-16(25-4)17(9-14)26-5/h7-10,22H,6,11H2,1-5H3/b21-10-. The number of hydrogen-bond donors (Lipinski definition) is 1. The van der Waals surface area contributed by atoms with E-state index in [-0.39, 0.29) is 19.0 Å². The third-order valence-electron chi connectivity index (χ3n) is 4.08. The molecule has 2 rings (SSSR count). The van der Waals surface area contributed by atoms with Crippen LogP contribution in [0.5, 0.6) is 11.5 Å². The Bertz CT molecular complexity index is 885. The maximum absolute atomic E-state index is 12.4.